The molecular weight excluding hydrogens is 181 g/mol. The van der Waals surface area contributed by atoms with Crippen LogP contribution >= 0.6 is 7.60 Å². The fourth-order valence-corrected chi connectivity index (χ4v) is 1.96. The number of rotatable bonds is 3. The van der Waals surface area contributed by atoms with Gasteiger partial charge in [0.15, 0.2) is 0 Å². The zero-order valence-electron chi connectivity index (χ0n) is 7.10. The molecule has 1 unspecified atom stereocenters. The highest BCUT2D eigenvalue weighted by molar-refractivity contribution is 7.52. The Morgan fingerprint density at radius 1 is 1.58 bits per heavy atom. The summed E-state index contributed by atoms with van der Waals surface area (Å²) in [7, 11) is -2.12. The van der Waals surface area contributed by atoms with Crippen LogP contribution in [0.15, 0.2) is 0 Å². The lowest BCUT2D eigenvalue weighted by Crippen LogP contribution is -2.36. The van der Waals surface area contributed by atoms with E-state index in [0.717, 1.165) is 0 Å². The predicted octanol–water partition coefficient (Wildman–Crippen LogP) is 0.108. The molecule has 1 rings (SSSR count). The predicted molar refractivity (Wildman–Crippen MR) is 44.1 cm³/mol. The van der Waals surface area contributed by atoms with Crippen LogP contribution in [0.25, 0.3) is 0 Å². The van der Waals surface area contributed by atoms with Crippen LogP contribution < -0.4 is 0 Å². The van der Waals surface area contributed by atoms with Gasteiger partial charge in [0, 0.05) is 20.2 Å². The zero-order valence-corrected chi connectivity index (χ0v) is 8.00. The molecule has 1 atom stereocenters. The van der Waals surface area contributed by atoms with Crippen LogP contribution in [0.2, 0.25) is 0 Å². The summed E-state index contributed by atoms with van der Waals surface area (Å²) < 4.78 is 20.7. The summed E-state index contributed by atoms with van der Waals surface area (Å²) >= 11 is 0. The fraction of sp³-hybridized carbons (Fsp3) is 1.00. The molecule has 0 bridgehead atoms. The molecule has 12 heavy (non-hydrogen) atoms. The summed E-state index contributed by atoms with van der Waals surface area (Å²) in [6.45, 7) is 2.66. The molecular formula is C6H14NO4P. The number of hydrogen-bond donors (Lipinski definition) is 1. The smallest absolute Gasteiger partial charge is 0.341 e. The molecule has 1 fully saturated rings. The van der Waals surface area contributed by atoms with Crippen LogP contribution in [-0.2, 0) is 13.8 Å². The molecule has 0 saturated carbocycles. The maximum atomic E-state index is 11.1. The van der Waals surface area contributed by atoms with Gasteiger partial charge in [-0.3, -0.25) is 9.46 Å². The topological polar surface area (TPSA) is 59.0 Å². The Bertz CT molecular complexity index is 180. The average molecular weight is 195 g/mol. The largest absolute Gasteiger partial charge is 0.379 e. The summed E-state index contributed by atoms with van der Waals surface area (Å²) in [5, 5.41) is 0. The maximum absolute atomic E-state index is 11.1. The number of morpholine rings is 1. The van der Waals surface area contributed by atoms with E-state index in [-0.39, 0.29) is 6.29 Å². The molecule has 0 spiro atoms. The van der Waals surface area contributed by atoms with Crippen molar-refractivity contribution in [3.8, 4) is 0 Å². The van der Waals surface area contributed by atoms with Gasteiger partial charge in [-0.1, -0.05) is 0 Å². The van der Waals surface area contributed by atoms with Crippen LogP contribution in [0.1, 0.15) is 0 Å². The molecule has 1 aliphatic rings. The quantitative estimate of drug-likeness (QED) is 0.647. The summed E-state index contributed by atoms with van der Waals surface area (Å²) in [5.41, 5.74) is 0. The third kappa shape index (κ3) is 3.21. The van der Waals surface area contributed by atoms with Gasteiger partial charge in [-0.2, -0.15) is 0 Å². The lowest BCUT2D eigenvalue weighted by atomic mass is 10.5. The first kappa shape index (κ1) is 10.2. The SMILES string of the molecule is COP(=O)(O)CN1CCOCC1. The molecule has 0 amide bonds. The van der Waals surface area contributed by atoms with Crippen molar-refractivity contribution in [2.75, 3.05) is 39.7 Å². The fourth-order valence-electron chi connectivity index (χ4n) is 1.05. The van der Waals surface area contributed by atoms with Crippen molar-refractivity contribution < 1.29 is 18.7 Å². The Morgan fingerprint density at radius 2 is 2.17 bits per heavy atom. The molecule has 0 aliphatic carbocycles. The molecule has 6 heteroatoms. The van der Waals surface area contributed by atoms with E-state index in [1.807, 2.05) is 4.90 Å². The van der Waals surface area contributed by atoms with Crippen LogP contribution in [0.3, 0.4) is 0 Å². The molecule has 0 aromatic rings. The molecule has 0 aromatic heterocycles. The number of nitrogens with zero attached hydrogens (tertiary/aromatic N) is 1. The van der Waals surface area contributed by atoms with E-state index in [1.165, 1.54) is 7.11 Å². The second kappa shape index (κ2) is 4.35. The highest BCUT2D eigenvalue weighted by Crippen LogP contribution is 2.41. The van der Waals surface area contributed by atoms with Gasteiger partial charge in [0.05, 0.1) is 13.2 Å². The number of hydrogen-bond acceptors (Lipinski definition) is 4. The molecule has 0 radical (unpaired) electrons. The molecule has 72 valence electrons. The van der Waals surface area contributed by atoms with Crippen molar-refractivity contribution in [2.45, 2.75) is 0 Å². The highest BCUT2D eigenvalue weighted by atomic mass is 31.2. The molecule has 1 heterocycles. The molecule has 5 nitrogen and oxygen atoms in total. The lowest BCUT2D eigenvalue weighted by Gasteiger charge is -2.27. The van der Waals surface area contributed by atoms with E-state index in [2.05, 4.69) is 4.52 Å². The summed E-state index contributed by atoms with van der Waals surface area (Å²) in [4.78, 5) is 11.0. The van der Waals surface area contributed by atoms with E-state index in [0.29, 0.717) is 26.3 Å². The minimum atomic E-state index is -3.37. The second-order valence-electron chi connectivity index (χ2n) is 2.69. The highest BCUT2D eigenvalue weighted by Gasteiger charge is 2.23. The van der Waals surface area contributed by atoms with Crippen LogP contribution in [0.5, 0.6) is 0 Å². The van der Waals surface area contributed by atoms with Crippen LogP contribution in [-0.4, -0.2) is 49.5 Å². The first-order chi connectivity index (χ1) is 5.64. The summed E-state index contributed by atoms with van der Waals surface area (Å²) in [6, 6.07) is 0. The van der Waals surface area contributed by atoms with Gasteiger partial charge in [0.2, 0.25) is 0 Å². The lowest BCUT2D eigenvalue weighted by molar-refractivity contribution is 0.0436. The molecule has 1 aliphatic heterocycles. The van der Waals surface area contributed by atoms with Crippen molar-refractivity contribution >= 4 is 7.60 Å². The summed E-state index contributed by atoms with van der Waals surface area (Å²) in [5.74, 6) is 0. The average Bonchev–Trinajstić information content (AvgIpc) is 2.06. The molecule has 0 aromatic carbocycles. The van der Waals surface area contributed by atoms with E-state index >= 15 is 0 Å². The standard InChI is InChI=1S/C6H14NO4P/c1-10-12(8,9)6-7-2-4-11-5-3-7/h2-6H2,1H3,(H,8,9). The monoisotopic (exact) mass is 195 g/mol. The Hall–Kier alpha value is 0.0700. The zero-order chi connectivity index (χ0) is 9.03. The van der Waals surface area contributed by atoms with E-state index in [1.54, 1.807) is 0 Å². The molecule has 1 N–H and O–H groups in total. The Balaban J connectivity index is 2.34. The maximum Gasteiger partial charge on any atom is 0.341 e. The first-order valence-corrected chi connectivity index (χ1v) is 5.58. The normalized spacial score (nSPS) is 25.2. The Kier molecular flexibility index (Phi) is 3.68. The van der Waals surface area contributed by atoms with Gasteiger partial charge in [0.1, 0.15) is 6.29 Å². The van der Waals surface area contributed by atoms with Crippen LogP contribution in [0.4, 0.5) is 0 Å². The second-order valence-corrected chi connectivity index (χ2v) is 4.61. The van der Waals surface area contributed by atoms with Crippen molar-refractivity contribution in [3.63, 3.8) is 0 Å². The Labute approximate surface area is 71.8 Å². The minimum Gasteiger partial charge on any atom is -0.379 e. The van der Waals surface area contributed by atoms with Crippen molar-refractivity contribution in [1.29, 1.82) is 0 Å². The Morgan fingerprint density at radius 3 is 2.67 bits per heavy atom. The third-order valence-corrected chi connectivity index (χ3v) is 3.10. The first-order valence-electron chi connectivity index (χ1n) is 3.82. The van der Waals surface area contributed by atoms with Crippen molar-refractivity contribution in [3.05, 3.63) is 0 Å². The van der Waals surface area contributed by atoms with Gasteiger partial charge in [-0.25, -0.2) is 0 Å². The van der Waals surface area contributed by atoms with E-state index in [9.17, 15) is 4.57 Å². The van der Waals surface area contributed by atoms with Crippen molar-refractivity contribution in [2.24, 2.45) is 0 Å². The molecule has 1 saturated heterocycles. The summed E-state index contributed by atoms with van der Waals surface area (Å²) in [6.07, 6.45) is 0.104. The minimum absolute atomic E-state index is 0.104. The number of ether oxygens (including phenoxy) is 1. The van der Waals surface area contributed by atoms with Gasteiger partial charge in [0.25, 0.3) is 0 Å². The van der Waals surface area contributed by atoms with Gasteiger partial charge in [-0.05, 0) is 0 Å². The van der Waals surface area contributed by atoms with E-state index < -0.39 is 7.60 Å². The van der Waals surface area contributed by atoms with Crippen LogP contribution in [0, 0.1) is 0 Å². The van der Waals surface area contributed by atoms with Gasteiger partial charge < -0.3 is 14.2 Å². The van der Waals surface area contributed by atoms with Gasteiger partial charge in [-0.15, -0.1) is 0 Å². The van der Waals surface area contributed by atoms with Gasteiger partial charge >= 0.3 is 7.60 Å². The third-order valence-electron chi connectivity index (χ3n) is 1.77. The van der Waals surface area contributed by atoms with E-state index in [4.69, 9.17) is 9.63 Å². The van der Waals surface area contributed by atoms with Crippen molar-refractivity contribution in [1.82, 2.24) is 4.90 Å².